The second-order valence-electron chi connectivity index (χ2n) is 7.47. The monoisotopic (exact) mass is 406 g/mol. The van der Waals surface area contributed by atoms with Crippen molar-refractivity contribution < 1.29 is 19.0 Å². The molecule has 4 nitrogen and oxygen atoms in total. The lowest BCUT2D eigenvalue weighted by molar-refractivity contribution is -0.135. The van der Waals surface area contributed by atoms with E-state index >= 15 is 0 Å². The second-order valence-corrected chi connectivity index (χ2v) is 7.47. The second kappa shape index (κ2) is 10.7. The Morgan fingerprint density at radius 2 is 1.63 bits per heavy atom. The number of hydrogen-bond acceptors (Lipinski definition) is 4. The Kier molecular flexibility index (Phi) is 7.72. The largest absolute Gasteiger partial charge is 0.497 e. The van der Waals surface area contributed by atoms with Crippen molar-refractivity contribution in [2.24, 2.45) is 0 Å². The van der Waals surface area contributed by atoms with Crippen molar-refractivity contribution in [1.29, 1.82) is 0 Å². The Morgan fingerprint density at radius 3 is 2.40 bits per heavy atom. The van der Waals surface area contributed by atoms with Gasteiger partial charge in [0.1, 0.15) is 5.75 Å². The third kappa shape index (κ3) is 5.53. The summed E-state index contributed by atoms with van der Waals surface area (Å²) in [7, 11) is 1.65. The van der Waals surface area contributed by atoms with E-state index in [0.717, 1.165) is 34.9 Å². The Balaban J connectivity index is 1.67. The van der Waals surface area contributed by atoms with Crippen molar-refractivity contribution in [3.63, 3.8) is 0 Å². The summed E-state index contributed by atoms with van der Waals surface area (Å²) in [6, 6.07) is 19.2. The highest BCUT2D eigenvalue weighted by Gasteiger charge is 2.19. The first kappa shape index (κ1) is 21.7. The average Bonchev–Trinajstić information content (AvgIpc) is 2.78. The highest BCUT2D eigenvalue weighted by Crippen LogP contribution is 2.30. The molecule has 1 atom stereocenters. The highest BCUT2D eigenvalue weighted by molar-refractivity contribution is 5.87. The van der Waals surface area contributed by atoms with Gasteiger partial charge in [0.25, 0.3) is 0 Å². The zero-order valence-corrected chi connectivity index (χ0v) is 18.0. The maximum atomic E-state index is 12.8. The SMILES string of the molecule is CCCCCCOc1ccccc1OC(=O)[C@@H](C)c1ccc2cc(OC)ccc2c1. The van der Waals surface area contributed by atoms with E-state index in [9.17, 15) is 4.79 Å². The molecule has 3 aromatic rings. The van der Waals surface area contributed by atoms with Crippen LogP contribution in [0.2, 0.25) is 0 Å². The fraction of sp³-hybridized carbons (Fsp3) is 0.346. The third-order valence-corrected chi connectivity index (χ3v) is 5.24. The van der Waals surface area contributed by atoms with Crippen LogP contribution in [0.4, 0.5) is 0 Å². The summed E-state index contributed by atoms with van der Waals surface area (Å²) in [5.41, 5.74) is 0.913. The summed E-state index contributed by atoms with van der Waals surface area (Å²) in [5, 5.41) is 2.13. The zero-order chi connectivity index (χ0) is 21.3. The lowest BCUT2D eigenvalue weighted by Crippen LogP contribution is -2.16. The van der Waals surface area contributed by atoms with Gasteiger partial charge >= 0.3 is 5.97 Å². The maximum Gasteiger partial charge on any atom is 0.318 e. The van der Waals surface area contributed by atoms with Gasteiger partial charge in [0.2, 0.25) is 0 Å². The van der Waals surface area contributed by atoms with Crippen LogP contribution in [-0.4, -0.2) is 19.7 Å². The summed E-state index contributed by atoms with van der Waals surface area (Å²) >= 11 is 0. The molecule has 3 rings (SSSR count). The molecule has 0 heterocycles. The van der Waals surface area contributed by atoms with E-state index in [-0.39, 0.29) is 5.97 Å². The number of carbonyl (C=O) groups excluding carboxylic acids is 1. The number of ether oxygens (including phenoxy) is 3. The van der Waals surface area contributed by atoms with Crippen LogP contribution >= 0.6 is 0 Å². The molecule has 0 aliphatic rings. The normalized spacial score (nSPS) is 11.8. The molecule has 30 heavy (non-hydrogen) atoms. The first-order valence-corrected chi connectivity index (χ1v) is 10.6. The van der Waals surface area contributed by atoms with Crippen molar-refractivity contribution in [3.05, 3.63) is 66.2 Å². The van der Waals surface area contributed by atoms with E-state index < -0.39 is 5.92 Å². The summed E-state index contributed by atoms with van der Waals surface area (Å²) < 4.78 is 16.8. The van der Waals surface area contributed by atoms with Crippen LogP contribution in [-0.2, 0) is 4.79 Å². The smallest absolute Gasteiger partial charge is 0.318 e. The molecule has 0 unspecified atom stereocenters. The van der Waals surface area contributed by atoms with Crippen molar-refractivity contribution in [3.8, 4) is 17.2 Å². The Morgan fingerprint density at radius 1 is 0.900 bits per heavy atom. The van der Waals surface area contributed by atoms with Crippen molar-refractivity contribution >= 4 is 16.7 Å². The number of rotatable bonds is 10. The summed E-state index contributed by atoms with van der Waals surface area (Å²) in [6.45, 7) is 4.67. The van der Waals surface area contributed by atoms with Crippen molar-refractivity contribution in [2.75, 3.05) is 13.7 Å². The first-order valence-electron chi connectivity index (χ1n) is 10.6. The number of methoxy groups -OCH3 is 1. The molecule has 0 aliphatic carbocycles. The van der Waals surface area contributed by atoms with Crippen LogP contribution in [0.15, 0.2) is 60.7 Å². The summed E-state index contributed by atoms with van der Waals surface area (Å²) in [6.07, 6.45) is 4.53. The molecular weight excluding hydrogens is 376 g/mol. The molecule has 0 spiro atoms. The Labute approximate surface area is 178 Å². The molecule has 0 N–H and O–H groups in total. The number of unbranched alkanes of at least 4 members (excludes halogenated alkanes) is 3. The molecule has 0 bridgehead atoms. The molecule has 158 valence electrons. The summed E-state index contributed by atoms with van der Waals surface area (Å²) in [5.74, 6) is 1.20. The topological polar surface area (TPSA) is 44.8 Å². The number of hydrogen-bond donors (Lipinski definition) is 0. The van der Waals surface area contributed by atoms with Crippen molar-refractivity contribution in [2.45, 2.75) is 45.4 Å². The molecule has 0 fully saturated rings. The number of carbonyl (C=O) groups is 1. The third-order valence-electron chi connectivity index (χ3n) is 5.24. The molecule has 4 heteroatoms. The van der Waals surface area contributed by atoms with Gasteiger partial charge in [-0.25, -0.2) is 0 Å². The van der Waals surface area contributed by atoms with Gasteiger partial charge in [-0.05, 0) is 53.9 Å². The molecule has 0 amide bonds. The number of benzene rings is 3. The molecule has 0 aromatic heterocycles. The van der Waals surface area contributed by atoms with Gasteiger partial charge in [-0.2, -0.15) is 0 Å². The Bertz CT molecular complexity index is 980. The molecule has 0 radical (unpaired) electrons. The van der Waals surface area contributed by atoms with Crippen LogP contribution < -0.4 is 14.2 Å². The van der Waals surface area contributed by atoms with E-state index in [4.69, 9.17) is 14.2 Å². The molecular formula is C26H30O4. The van der Waals surface area contributed by atoms with Crippen LogP contribution in [0.5, 0.6) is 17.2 Å². The molecule has 0 saturated carbocycles. The maximum absolute atomic E-state index is 12.8. The lowest BCUT2D eigenvalue weighted by atomic mass is 9.98. The predicted molar refractivity (Wildman–Crippen MR) is 121 cm³/mol. The van der Waals surface area contributed by atoms with E-state index in [1.54, 1.807) is 13.2 Å². The van der Waals surface area contributed by atoms with Crippen LogP contribution in [0.25, 0.3) is 10.8 Å². The standard InChI is InChI=1S/C26H30O4/c1-4-5-6-9-16-29-24-10-7-8-11-25(24)30-26(27)19(2)20-12-13-22-18-23(28-3)15-14-21(22)17-20/h7-8,10-15,17-19H,4-6,9,16H2,1-3H3/t19-/m0/s1. The lowest BCUT2D eigenvalue weighted by Gasteiger charge is -2.15. The van der Waals surface area contributed by atoms with Crippen LogP contribution in [0, 0.1) is 0 Å². The summed E-state index contributed by atoms with van der Waals surface area (Å²) in [4.78, 5) is 12.8. The van der Waals surface area contributed by atoms with E-state index in [1.807, 2.05) is 61.5 Å². The van der Waals surface area contributed by atoms with Crippen LogP contribution in [0.1, 0.15) is 51.0 Å². The number of para-hydroxylation sites is 2. The highest BCUT2D eigenvalue weighted by atomic mass is 16.6. The van der Waals surface area contributed by atoms with Gasteiger partial charge in [0, 0.05) is 0 Å². The zero-order valence-electron chi connectivity index (χ0n) is 18.0. The molecule has 3 aromatic carbocycles. The quantitative estimate of drug-likeness (QED) is 0.218. The van der Waals surface area contributed by atoms with Gasteiger partial charge in [-0.3, -0.25) is 4.79 Å². The minimum absolute atomic E-state index is 0.301. The van der Waals surface area contributed by atoms with Gasteiger partial charge in [-0.1, -0.05) is 62.6 Å². The van der Waals surface area contributed by atoms with Crippen molar-refractivity contribution in [1.82, 2.24) is 0 Å². The van der Waals surface area contributed by atoms with Gasteiger partial charge in [-0.15, -0.1) is 0 Å². The molecule has 0 aliphatic heterocycles. The number of fused-ring (bicyclic) bond motifs is 1. The molecule has 0 saturated heterocycles. The van der Waals surface area contributed by atoms with Gasteiger partial charge in [0.15, 0.2) is 11.5 Å². The predicted octanol–water partition coefficient (Wildman–Crippen LogP) is 6.52. The first-order chi connectivity index (χ1) is 14.6. The van der Waals surface area contributed by atoms with Crippen LogP contribution in [0.3, 0.4) is 0 Å². The fourth-order valence-corrected chi connectivity index (χ4v) is 3.34. The van der Waals surface area contributed by atoms with Gasteiger partial charge in [0.05, 0.1) is 19.6 Å². The average molecular weight is 407 g/mol. The minimum atomic E-state index is -0.394. The Hall–Kier alpha value is -3.01. The van der Waals surface area contributed by atoms with E-state index in [0.29, 0.717) is 18.1 Å². The minimum Gasteiger partial charge on any atom is -0.497 e. The van der Waals surface area contributed by atoms with E-state index in [2.05, 4.69) is 6.92 Å². The van der Waals surface area contributed by atoms with E-state index in [1.165, 1.54) is 12.8 Å². The number of esters is 1. The van der Waals surface area contributed by atoms with Gasteiger partial charge < -0.3 is 14.2 Å². The fourth-order valence-electron chi connectivity index (χ4n) is 3.34.